The van der Waals surface area contributed by atoms with Crippen molar-refractivity contribution < 1.29 is 14.3 Å². The lowest BCUT2D eigenvalue weighted by Crippen LogP contribution is -2.39. The molecule has 0 unspecified atom stereocenters. The first-order valence-corrected chi connectivity index (χ1v) is 11.9. The Morgan fingerprint density at radius 2 is 1.91 bits per heavy atom. The van der Waals surface area contributed by atoms with E-state index in [0.29, 0.717) is 38.0 Å². The SMILES string of the molecule is C=CCOc1ccc([C@H]2C(C(=O)OCC)=C(C)N=c3s/c(=C\c4ccc(Cl)cc4)c(=O)n32)cc1. The van der Waals surface area contributed by atoms with Gasteiger partial charge in [0.1, 0.15) is 12.4 Å². The Morgan fingerprint density at radius 1 is 1.21 bits per heavy atom. The first-order valence-electron chi connectivity index (χ1n) is 10.7. The molecule has 1 aliphatic heterocycles. The number of esters is 1. The van der Waals surface area contributed by atoms with Crippen LogP contribution in [0.1, 0.15) is 31.0 Å². The van der Waals surface area contributed by atoms with Gasteiger partial charge in [-0.05, 0) is 55.3 Å². The van der Waals surface area contributed by atoms with Gasteiger partial charge in [-0.2, -0.15) is 0 Å². The number of allylic oxidation sites excluding steroid dienone is 1. The van der Waals surface area contributed by atoms with Gasteiger partial charge in [-0.15, -0.1) is 0 Å². The van der Waals surface area contributed by atoms with Crippen LogP contribution in [0.2, 0.25) is 5.02 Å². The fourth-order valence-corrected chi connectivity index (χ4v) is 4.89. The predicted octanol–water partition coefficient (Wildman–Crippen LogP) is 4.02. The molecule has 0 bridgehead atoms. The van der Waals surface area contributed by atoms with Crippen molar-refractivity contribution in [1.82, 2.24) is 4.57 Å². The normalized spacial score (nSPS) is 15.5. The molecule has 2 heterocycles. The van der Waals surface area contributed by atoms with Crippen LogP contribution in [0.3, 0.4) is 0 Å². The molecule has 2 aromatic carbocycles. The largest absolute Gasteiger partial charge is 0.490 e. The number of hydrogen-bond acceptors (Lipinski definition) is 6. The predicted molar refractivity (Wildman–Crippen MR) is 134 cm³/mol. The van der Waals surface area contributed by atoms with Crippen LogP contribution in [0.5, 0.6) is 5.75 Å². The standard InChI is InChI=1S/C26H23ClN2O4S/c1-4-14-33-20-12-8-18(9-13-20)23-22(25(31)32-5-2)16(3)28-26-29(23)24(30)21(34-26)15-17-6-10-19(27)11-7-17/h4,6-13,15,23H,1,5,14H2,2-3H3/b21-15-/t23-/m0/s1. The van der Waals surface area contributed by atoms with Crippen molar-refractivity contribution in [1.29, 1.82) is 0 Å². The zero-order valence-electron chi connectivity index (χ0n) is 18.8. The van der Waals surface area contributed by atoms with Crippen LogP contribution in [-0.2, 0) is 9.53 Å². The molecule has 1 aromatic heterocycles. The molecule has 0 N–H and O–H groups in total. The number of carbonyl (C=O) groups is 1. The molecule has 3 aromatic rings. The van der Waals surface area contributed by atoms with Gasteiger partial charge < -0.3 is 9.47 Å². The van der Waals surface area contributed by atoms with E-state index in [2.05, 4.69) is 11.6 Å². The lowest BCUT2D eigenvalue weighted by atomic mass is 9.96. The van der Waals surface area contributed by atoms with Crippen LogP contribution in [0.4, 0.5) is 0 Å². The van der Waals surface area contributed by atoms with Crippen molar-refractivity contribution in [3.05, 3.63) is 108 Å². The summed E-state index contributed by atoms with van der Waals surface area (Å²) >= 11 is 7.26. The van der Waals surface area contributed by atoms with Gasteiger partial charge in [-0.1, -0.05) is 59.9 Å². The minimum atomic E-state index is -0.670. The minimum absolute atomic E-state index is 0.220. The van der Waals surface area contributed by atoms with Crippen LogP contribution >= 0.6 is 22.9 Å². The molecule has 8 heteroatoms. The van der Waals surface area contributed by atoms with Gasteiger partial charge >= 0.3 is 5.97 Å². The summed E-state index contributed by atoms with van der Waals surface area (Å²) < 4.78 is 13.0. The number of aromatic nitrogens is 1. The highest BCUT2D eigenvalue weighted by Crippen LogP contribution is 2.31. The molecule has 1 atom stereocenters. The quantitative estimate of drug-likeness (QED) is 0.367. The molecular weight excluding hydrogens is 472 g/mol. The van der Waals surface area contributed by atoms with Gasteiger partial charge in [0.25, 0.3) is 5.56 Å². The highest BCUT2D eigenvalue weighted by molar-refractivity contribution is 7.07. The Labute approximate surface area is 205 Å². The van der Waals surface area contributed by atoms with Crippen molar-refractivity contribution in [3.8, 4) is 5.75 Å². The molecule has 1 aliphatic rings. The maximum Gasteiger partial charge on any atom is 0.338 e. The highest BCUT2D eigenvalue weighted by atomic mass is 35.5. The maximum absolute atomic E-state index is 13.6. The number of fused-ring (bicyclic) bond motifs is 1. The third kappa shape index (κ3) is 4.76. The summed E-state index contributed by atoms with van der Waals surface area (Å²) in [5.74, 6) is 0.171. The lowest BCUT2D eigenvalue weighted by molar-refractivity contribution is -0.139. The molecule has 0 saturated carbocycles. The Bertz CT molecular complexity index is 1430. The lowest BCUT2D eigenvalue weighted by Gasteiger charge is -2.24. The van der Waals surface area contributed by atoms with Gasteiger partial charge in [0.15, 0.2) is 4.80 Å². The molecule has 0 amide bonds. The van der Waals surface area contributed by atoms with E-state index >= 15 is 0 Å². The summed E-state index contributed by atoms with van der Waals surface area (Å²) in [5.41, 5.74) is 2.23. The van der Waals surface area contributed by atoms with Crippen molar-refractivity contribution in [2.75, 3.05) is 13.2 Å². The molecule has 0 fully saturated rings. The molecule has 0 radical (unpaired) electrons. The summed E-state index contributed by atoms with van der Waals surface area (Å²) in [7, 11) is 0. The second-order valence-electron chi connectivity index (χ2n) is 7.52. The van der Waals surface area contributed by atoms with Crippen molar-refractivity contribution in [2.45, 2.75) is 19.9 Å². The first-order chi connectivity index (χ1) is 16.4. The first kappa shape index (κ1) is 23.7. The van der Waals surface area contributed by atoms with E-state index in [1.807, 2.05) is 24.3 Å². The van der Waals surface area contributed by atoms with Crippen LogP contribution in [0.15, 0.2) is 82.2 Å². The monoisotopic (exact) mass is 494 g/mol. The maximum atomic E-state index is 13.6. The average molecular weight is 495 g/mol. The smallest absolute Gasteiger partial charge is 0.338 e. The second-order valence-corrected chi connectivity index (χ2v) is 8.97. The van der Waals surface area contributed by atoms with E-state index in [9.17, 15) is 9.59 Å². The van der Waals surface area contributed by atoms with Gasteiger partial charge in [0, 0.05) is 5.02 Å². The summed E-state index contributed by atoms with van der Waals surface area (Å²) in [6.07, 6.45) is 3.46. The molecule has 4 rings (SSSR count). The van der Waals surface area contributed by atoms with Crippen LogP contribution in [0.25, 0.3) is 6.08 Å². The number of ether oxygens (including phenoxy) is 2. The Kier molecular flexibility index (Phi) is 7.14. The number of carbonyl (C=O) groups excluding carboxylic acids is 1. The van der Waals surface area contributed by atoms with Crippen molar-refractivity contribution in [2.24, 2.45) is 4.99 Å². The zero-order valence-corrected chi connectivity index (χ0v) is 20.4. The van der Waals surface area contributed by atoms with E-state index in [4.69, 9.17) is 21.1 Å². The number of benzene rings is 2. The van der Waals surface area contributed by atoms with E-state index in [1.54, 1.807) is 54.8 Å². The highest BCUT2D eigenvalue weighted by Gasteiger charge is 2.33. The number of halogens is 1. The fourth-order valence-electron chi connectivity index (χ4n) is 3.72. The molecule has 34 heavy (non-hydrogen) atoms. The summed E-state index contributed by atoms with van der Waals surface area (Å²) in [6.45, 7) is 7.76. The third-order valence-corrected chi connectivity index (χ3v) is 6.48. The number of thiazole rings is 1. The summed E-state index contributed by atoms with van der Waals surface area (Å²) in [4.78, 5) is 31.6. The van der Waals surface area contributed by atoms with Crippen LogP contribution in [-0.4, -0.2) is 23.8 Å². The Hall–Kier alpha value is -3.42. The molecule has 0 spiro atoms. The van der Waals surface area contributed by atoms with Crippen molar-refractivity contribution in [3.63, 3.8) is 0 Å². The van der Waals surface area contributed by atoms with Gasteiger partial charge in [-0.3, -0.25) is 9.36 Å². The molecule has 0 aliphatic carbocycles. The molecule has 0 saturated heterocycles. The average Bonchev–Trinajstić information content (AvgIpc) is 3.13. The fraction of sp³-hybridized carbons (Fsp3) is 0.192. The Balaban J connectivity index is 1.88. The van der Waals surface area contributed by atoms with Crippen molar-refractivity contribution >= 4 is 35.0 Å². The van der Waals surface area contributed by atoms with Gasteiger partial charge in [-0.25, -0.2) is 9.79 Å². The number of nitrogens with zero attached hydrogens (tertiary/aromatic N) is 2. The van der Waals surface area contributed by atoms with Crippen LogP contribution < -0.4 is 19.6 Å². The molecular formula is C26H23ClN2O4S. The van der Waals surface area contributed by atoms with E-state index < -0.39 is 12.0 Å². The topological polar surface area (TPSA) is 69.9 Å². The minimum Gasteiger partial charge on any atom is -0.490 e. The number of hydrogen-bond donors (Lipinski definition) is 0. The molecule has 6 nitrogen and oxygen atoms in total. The van der Waals surface area contributed by atoms with Gasteiger partial charge in [0.2, 0.25) is 0 Å². The van der Waals surface area contributed by atoms with Crippen LogP contribution in [0, 0.1) is 0 Å². The third-order valence-electron chi connectivity index (χ3n) is 5.25. The van der Waals surface area contributed by atoms with Gasteiger partial charge in [0.05, 0.1) is 28.5 Å². The van der Waals surface area contributed by atoms with E-state index in [-0.39, 0.29) is 12.2 Å². The van der Waals surface area contributed by atoms with E-state index in [1.165, 1.54) is 11.3 Å². The Morgan fingerprint density at radius 3 is 2.56 bits per heavy atom. The number of rotatable bonds is 7. The molecule has 174 valence electrons. The second kappa shape index (κ2) is 10.2. The van der Waals surface area contributed by atoms with E-state index in [0.717, 1.165) is 11.1 Å². The summed E-state index contributed by atoms with van der Waals surface area (Å²) in [5, 5.41) is 0.619. The zero-order chi connectivity index (χ0) is 24.2. The summed E-state index contributed by atoms with van der Waals surface area (Å²) in [6, 6.07) is 13.9.